The van der Waals surface area contributed by atoms with Gasteiger partial charge in [0.1, 0.15) is 0 Å². The lowest BCUT2D eigenvalue weighted by atomic mass is 9.41. The van der Waals surface area contributed by atoms with E-state index in [1.54, 1.807) is 0 Å². The van der Waals surface area contributed by atoms with Crippen LogP contribution in [0.4, 0.5) is 0 Å². The molecule has 0 amide bonds. The van der Waals surface area contributed by atoms with Gasteiger partial charge in [-0.25, -0.2) is 0 Å². The van der Waals surface area contributed by atoms with Crippen LogP contribution in [0.5, 0.6) is 0 Å². The second-order valence-electron chi connectivity index (χ2n) is 14.2. The van der Waals surface area contributed by atoms with Crippen molar-refractivity contribution in [1.82, 2.24) is 0 Å². The lowest BCUT2D eigenvalue weighted by molar-refractivity contribution is 0.0543. The van der Waals surface area contributed by atoms with E-state index in [-0.39, 0.29) is 16.2 Å². The SMILES string of the molecule is C=C(C)C1=C(C)C[C@@]2(C)C[C@@]3(C)Cc4c(C(C)C)cc(C#CCC(C)C)c(C)c4C(=C)C3=C(C)[C@@]2(C)C1=C. The van der Waals surface area contributed by atoms with Gasteiger partial charge in [0, 0.05) is 17.4 Å². The highest BCUT2D eigenvalue weighted by molar-refractivity contribution is 5.88. The van der Waals surface area contributed by atoms with Crippen LogP contribution in [0, 0.1) is 40.9 Å². The first-order valence-electron chi connectivity index (χ1n) is 14.6. The van der Waals surface area contributed by atoms with Crippen LogP contribution >= 0.6 is 0 Å². The minimum absolute atomic E-state index is 0.0463. The van der Waals surface area contributed by atoms with E-state index in [1.807, 2.05) is 0 Å². The molecule has 0 spiro atoms. The number of fused-ring (bicyclic) bond motifs is 3. The Kier molecular flexibility index (Phi) is 6.97. The topological polar surface area (TPSA) is 0 Å². The van der Waals surface area contributed by atoms with Gasteiger partial charge in [-0.3, -0.25) is 0 Å². The van der Waals surface area contributed by atoms with Crippen LogP contribution in [-0.4, -0.2) is 0 Å². The fraction of sp³-hybridized carbons (Fsp3) is 0.526. The molecule has 3 aliphatic carbocycles. The van der Waals surface area contributed by atoms with Gasteiger partial charge < -0.3 is 0 Å². The summed E-state index contributed by atoms with van der Waals surface area (Å²) in [7, 11) is 0. The Morgan fingerprint density at radius 2 is 1.66 bits per heavy atom. The molecule has 3 atom stereocenters. The van der Waals surface area contributed by atoms with Gasteiger partial charge >= 0.3 is 0 Å². The highest BCUT2D eigenvalue weighted by Crippen LogP contribution is 2.70. The van der Waals surface area contributed by atoms with Crippen LogP contribution < -0.4 is 0 Å². The van der Waals surface area contributed by atoms with Crippen LogP contribution in [0.25, 0.3) is 5.57 Å². The number of allylic oxidation sites excluding steroid dienone is 7. The maximum atomic E-state index is 4.87. The zero-order valence-corrected chi connectivity index (χ0v) is 26.2. The molecule has 0 aromatic heterocycles. The van der Waals surface area contributed by atoms with Crippen molar-refractivity contribution < 1.29 is 0 Å². The summed E-state index contributed by atoms with van der Waals surface area (Å²) in [5.41, 5.74) is 16.1. The summed E-state index contributed by atoms with van der Waals surface area (Å²) >= 11 is 0. The normalized spacial score (nSPS) is 28.8. The molecule has 0 heteroatoms. The monoisotopic (exact) mass is 506 g/mol. The van der Waals surface area contributed by atoms with Gasteiger partial charge in [0.05, 0.1) is 0 Å². The highest BCUT2D eigenvalue weighted by atomic mass is 14.6. The Morgan fingerprint density at radius 1 is 1.03 bits per heavy atom. The molecule has 0 bridgehead atoms. The third kappa shape index (κ3) is 3.96. The van der Waals surface area contributed by atoms with Crippen molar-refractivity contribution in [3.05, 3.63) is 87.1 Å². The third-order valence-corrected chi connectivity index (χ3v) is 10.4. The summed E-state index contributed by atoms with van der Waals surface area (Å²) < 4.78 is 0. The van der Waals surface area contributed by atoms with Crippen molar-refractivity contribution in [2.75, 3.05) is 0 Å². The summed E-state index contributed by atoms with van der Waals surface area (Å²) in [5, 5.41) is 0. The summed E-state index contributed by atoms with van der Waals surface area (Å²) in [6.45, 7) is 39.7. The van der Waals surface area contributed by atoms with Gasteiger partial charge in [0.15, 0.2) is 0 Å². The number of rotatable bonds is 3. The van der Waals surface area contributed by atoms with Crippen molar-refractivity contribution in [3.63, 3.8) is 0 Å². The van der Waals surface area contributed by atoms with Gasteiger partial charge in [-0.15, -0.1) is 0 Å². The second kappa shape index (κ2) is 9.30. The van der Waals surface area contributed by atoms with Crippen molar-refractivity contribution in [1.29, 1.82) is 0 Å². The molecule has 4 rings (SSSR count). The molecule has 3 aliphatic rings. The van der Waals surface area contributed by atoms with E-state index in [9.17, 15) is 0 Å². The summed E-state index contributed by atoms with van der Waals surface area (Å²) in [6.07, 6.45) is 4.21. The molecule has 202 valence electrons. The maximum Gasteiger partial charge on any atom is 0.0283 e. The van der Waals surface area contributed by atoms with Crippen molar-refractivity contribution in [3.8, 4) is 11.8 Å². The molecule has 0 saturated carbocycles. The summed E-state index contributed by atoms with van der Waals surface area (Å²) in [6, 6.07) is 2.40. The lowest BCUT2D eigenvalue weighted by Crippen LogP contribution is -2.52. The molecular weight excluding hydrogens is 456 g/mol. The highest BCUT2D eigenvalue weighted by Gasteiger charge is 2.59. The number of benzene rings is 1. The first-order chi connectivity index (χ1) is 17.5. The average molecular weight is 507 g/mol. The van der Waals surface area contributed by atoms with E-state index in [0.717, 1.165) is 31.3 Å². The minimum atomic E-state index is -0.125. The summed E-state index contributed by atoms with van der Waals surface area (Å²) in [4.78, 5) is 0. The number of hydrogen-bond donors (Lipinski definition) is 0. The first kappa shape index (κ1) is 28.5. The van der Waals surface area contributed by atoms with Crippen LogP contribution in [0.3, 0.4) is 0 Å². The van der Waals surface area contributed by atoms with E-state index in [4.69, 9.17) is 13.2 Å². The predicted octanol–water partition coefficient (Wildman–Crippen LogP) is 10.7. The Bertz CT molecular complexity index is 1390. The van der Waals surface area contributed by atoms with Crippen LogP contribution in [0.1, 0.15) is 122 Å². The van der Waals surface area contributed by atoms with E-state index in [2.05, 4.69) is 101 Å². The van der Waals surface area contributed by atoms with Crippen LogP contribution in [-0.2, 0) is 6.42 Å². The first-order valence-corrected chi connectivity index (χ1v) is 14.6. The van der Waals surface area contributed by atoms with Gasteiger partial charge in [-0.1, -0.05) is 96.8 Å². The van der Waals surface area contributed by atoms with Gasteiger partial charge in [-0.2, -0.15) is 0 Å². The molecule has 38 heavy (non-hydrogen) atoms. The molecule has 1 aromatic rings. The fourth-order valence-corrected chi connectivity index (χ4v) is 8.62. The average Bonchev–Trinajstić information content (AvgIpc) is 2.76. The standard InChI is InChI=1S/C38H50/c1-22(2)16-15-17-30-18-31(23(3)4)32-20-36(12)21-37(13)19-25(7)33(24(5)6)28(10)38(37,14)29(11)35(36)27(9)34(32)26(30)8/h18,22-23H,5,9-10,16,19-21H2,1-4,6-8,11-14H3/t36-,37+,38-/m1/s1. The molecule has 0 fully saturated rings. The molecule has 0 heterocycles. The quantitative estimate of drug-likeness (QED) is 0.358. The van der Waals surface area contributed by atoms with Crippen LogP contribution in [0.2, 0.25) is 0 Å². The lowest BCUT2D eigenvalue weighted by Gasteiger charge is -2.62. The zero-order valence-electron chi connectivity index (χ0n) is 26.2. The molecule has 0 radical (unpaired) electrons. The van der Waals surface area contributed by atoms with E-state index in [1.165, 1.54) is 61.3 Å². The van der Waals surface area contributed by atoms with Gasteiger partial charge in [-0.05, 0) is 120 Å². The van der Waals surface area contributed by atoms with Gasteiger partial charge in [0.2, 0.25) is 0 Å². The second-order valence-corrected chi connectivity index (χ2v) is 14.2. The Hall–Kier alpha value is -2.52. The van der Waals surface area contributed by atoms with E-state index >= 15 is 0 Å². The molecule has 0 N–H and O–H groups in total. The smallest absolute Gasteiger partial charge is 0.0283 e. The summed E-state index contributed by atoms with van der Waals surface area (Å²) in [5.74, 6) is 8.04. The third-order valence-electron chi connectivity index (χ3n) is 10.4. The molecule has 0 unspecified atom stereocenters. The zero-order chi connectivity index (χ0) is 28.5. The van der Waals surface area contributed by atoms with Crippen molar-refractivity contribution >= 4 is 5.57 Å². The minimum Gasteiger partial charge on any atom is -0.0976 e. The molecule has 0 nitrogen and oxygen atoms in total. The van der Waals surface area contributed by atoms with Crippen molar-refractivity contribution in [2.24, 2.45) is 22.2 Å². The van der Waals surface area contributed by atoms with Crippen LogP contribution in [0.15, 0.2) is 59.2 Å². The fourth-order valence-electron chi connectivity index (χ4n) is 8.62. The Balaban J connectivity index is 2.00. The largest absolute Gasteiger partial charge is 0.0976 e. The molecular formula is C38H50. The number of hydrogen-bond acceptors (Lipinski definition) is 0. The van der Waals surface area contributed by atoms with E-state index < -0.39 is 0 Å². The Morgan fingerprint density at radius 3 is 2.21 bits per heavy atom. The Labute approximate surface area is 234 Å². The molecule has 0 saturated heterocycles. The van der Waals surface area contributed by atoms with Gasteiger partial charge in [0.25, 0.3) is 0 Å². The predicted molar refractivity (Wildman–Crippen MR) is 167 cm³/mol. The molecule has 1 aromatic carbocycles. The van der Waals surface area contributed by atoms with E-state index in [0.29, 0.717) is 11.8 Å². The molecule has 0 aliphatic heterocycles. The van der Waals surface area contributed by atoms with Crippen molar-refractivity contribution in [2.45, 2.75) is 108 Å². The maximum absolute atomic E-state index is 4.87.